The van der Waals surface area contributed by atoms with Gasteiger partial charge >= 0.3 is 0 Å². The molecule has 18 heavy (non-hydrogen) atoms. The minimum atomic E-state index is 0.831. The summed E-state index contributed by atoms with van der Waals surface area (Å²) in [6.45, 7) is 8.44. The van der Waals surface area contributed by atoms with E-state index in [2.05, 4.69) is 41.0 Å². The van der Waals surface area contributed by atoms with Crippen molar-refractivity contribution in [3.05, 3.63) is 35.4 Å². The van der Waals surface area contributed by atoms with E-state index in [-0.39, 0.29) is 0 Å². The molecule has 98 valence electrons. The number of hydrogen-bond acceptors (Lipinski definition) is 2. The molecule has 0 aromatic heterocycles. The lowest BCUT2D eigenvalue weighted by Crippen LogP contribution is -2.54. The van der Waals surface area contributed by atoms with Crippen LogP contribution in [-0.2, 0) is 6.54 Å². The van der Waals surface area contributed by atoms with Crippen molar-refractivity contribution >= 4 is 0 Å². The van der Waals surface area contributed by atoms with Crippen LogP contribution in [0.25, 0.3) is 0 Å². The minimum absolute atomic E-state index is 0.831. The Labute approximate surface area is 111 Å². The van der Waals surface area contributed by atoms with Crippen LogP contribution < -0.4 is 0 Å². The molecule has 1 aromatic rings. The number of aryl methyl sites for hydroxylation is 1. The van der Waals surface area contributed by atoms with Crippen molar-refractivity contribution in [2.75, 3.05) is 26.2 Å². The van der Waals surface area contributed by atoms with Gasteiger partial charge in [0.25, 0.3) is 0 Å². The molecule has 2 aliphatic rings. The van der Waals surface area contributed by atoms with Crippen molar-refractivity contribution in [1.82, 2.24) is 9.80 Å². The van der Waals surface area contributed by atoms with Crippen LogP contribution in [0.15, 0.2) is 24.3 Å². The zero-order valence-electron chi connectivity index (χ0n) is 11.4. The molecule has 1 aromatic carbocycles. The fourth-order valence-electron chi connectivity index (χ4n) is 3.43. The first kappa shape index (κ1) is 12.2. The Morgan fingerprint density at radius 1 is 1.17 bits per heavy atom. The molecule has 2 heterocycles. The Kier molecular flexibility index (Phi) is 3.67. The third kappa shape index (κ3) is 2.76. The first-order valence-corrected chi connectivity index (χ1v) is 7.33. The highest BCUT2D eigenvalue weighted by molar-refractivity contribution is 5.22. The summed E-state index contributed by atoms with van der Waals surface area (Å²) < 4.78 is 0. The van der Waals surface area contributed by atoms with Crippen LogP contribution in [0.2, 0.25) is 0 Å². The first-order chi connectivity index (χ1) is 8.81. The molecule has 2 nitrogen and oxygen atoms in total. The van der Waals surface area contributed by atoms with Gasteiger partial charge in [-0.1, -0.05) is 36.2 Å². The lowest BCUT2D eigenvalue weighted by Gasteiger charge is -2.44. The molecule has 2 heteroatoms. The second kappa shape index (κ2) is 5.41. The predicted octanol–water partition coefficient (Wildman–Crippen LogP) is 2.67. The quantitative estimate of drug-likeness (QED) is 0.789. The largest absolute Gasteiger partial charge is 0.298 e. The fourth-order valence-corrected chi connectivity index (χ4v) is 3.43. The summed E-state index contributed by atoms with van der Waals surface area (Å²) in [7, 11) is 0. The van der Waals surface area contributed by atoms with Gasteiger partial charge in [-0.05, 0) is 31.9 Å². The van der Waals surface area contributed by atoms with Crippen molar-refractivity contribution in [2.24, 2.45) is 0 Å². The molecule has 1 unspecified atom stereocenters. The molecule has 0 bridgehead atoms. The van der Waals surface area contributed by atoms with Gasteiger partial charge in [0.05, 0.1) is 0 Å². The van der Waals surface area contributed by atoms with Crippen LogP contribution in [0.5, 0.6) is 0 Å². The number of benzene rings is 1. The van der Waals surface area contributed by atoms with Gasteiger partial charge in [-0.25, -0.2) is 0 Å². The van der Waals surface area contributed by atoms with Crippen molar-refractivity contribution in [3.8, 4) is 0 Å². The fraction of sp³-hybridized carbons (Fsp3) is 0.625. The maximum atomic E-state index is 2.70. The van der Waals surface area contributed by atoms with Gasteiger partial charge in [0.1, 0.15) is 0 Å². The van der Waals surface area contributed by atoms with E-state index >= 15 is 0 Å². The SMILES string of the molecule is Cc1cccc(CN2CCN3CCCCC3C2)c1. The van der Waals surface area contributed by atoms with Gasteiger partial charge in [-0.3, -0.25) is 9.80 Å². The third-order valence-corrected chi connectivity index (χ3v) is 4.41. The molecule has 2 saturated heterocycles. The Hall–Kier alpha value is -0.860. The Bertz CT molecular complexity index is 402. The van der Waals surface area contributed by atoms with E-state index in [1.54, 1.807) is 0 Å². The summed E-state index contributed by atoms with van der Waals surface area (Å²) in [5.41, 5.74) is 2.85. The molecule has 0 amide bonds. The molecular formula is C16H24N2. The van der Waals surface area contributed by atoms with Crippen molar-refractivity contribution < 1.29 is 0 Å². The summed E-state index contributed by atoms with van der Waals surface area (Å²) in [5.74, 6) is 0. The van der Waals surface area contributed by atoms with Crippen molar-refractivity contribution in [1.29, 1.82) is 0 Å². The Morgan fingerprint density at radius 3 is 3.00 bits per heavy atom. The van der Waals surface area contributed by atoms with Crippen LogP contribution in [-0.4, -0.2) is 42.0 Å². The summed E-state index contributed by atoms with van der Waals surface area (Å²) in [6, 6.07) is 9.79. The lowest BCUT2D eigenvalue weighted by molar-refractivity contribution is 0.0457. The average Bonchev–Trinajstić information content (AvgIpc) is 2.39. The summed E-state index contributed by atoms with van der Waals surface area (Å²) in [4.78, 5) is 5.34. The summed E-state index contributed by atoms with van der Waals surface area (Å²) in [6.07, 6.45) is 4.25. The molecule has 0 saturated carbocycles. The zero-order valence-corrected chi connectivity index (χ0v) is 11.4. The molecule has 0 spiro atoms. The van der Waals surface area contributed by atoms with Crippen LogP contribution >= 0.6 is 0 Å². The van der Waals surface area contributed by atoms with Gasteiger partial charge in [-0.2, -0.15) is 0 Å². The Morgan fingerprint density at radius 2 is 2.11 bits per heavy atom. The van der Waals surface area contributed by atoms with Gasteiger partial charge in [0, 0.05) is 32.2 Å². The lowest BCUT2D eigenvalue weighted by atomic mass is 9.99. The first-order valence-electron chi connectivity index (χ1n) is 7.33. The van der Waals surface area contributed by atoms with Crippen LogP contribution in [0.3, 0.4) is 0 Å². The maximum absolute atomic E-state index is 2.70. The molecule has 2 fully saturated rings. The minimum Gasteiger partial charge on any atom is -0.298 e. The number of piperidine rings is 1. The molecule has 0 aliphatic carbocycles. The van der Waals surface area contributed by atoms with E-state index in [1.807, 2.05) is 0 Å². The van der Waals surface area contributed by atoms with Gasteiger partial charge in [-0.15, -0.1) is 0 Å². The molecule has 3 rings (SSSR count). The van der Waals surface area contributed by atoms with E-state index in [0.717, 1.165) is 12.6 Å². The Balaban J connectivity index is 1.61. The molecule has 2 aliphatic heterocycles. The number of hydrogen-bond donors (Lipinski definition) is 0. The maximum Gasteiger partial charge on any atom is 0.0235 e. The smallest absolute Gasteiger partial charge is 0.0235 e. The molecule has 0 N–H and O–H groups in total. The topological polar surface area (TPSA) is 6.48 Å². The van der Waals surface area contributed by atoms with Crippen LogP contribution in [0, 0.1) is 6.92 Å². The number of fused-ring (bicyclic) bond motifs is 1. The average molecular weight is 244 g/mol. The van der Waals surface area contributed by atoms with E-state index in [0.29, 0.717) is 0 Å². The number of piperazine rings is 1. The van der Waals surface area contributed by atoms with Crippen molar-refractivity contribution in [3.63, 3.8) is 0 Å². The number of rotatable bonds is 2. The number of nitrogens with zero attached hydrogens (tertiary/aromatic N) is 2. The van der Waals surface area contributed by atoms with Gasteiger partial charge in [0.2, 0.25) is 0 Å². The standard InChI is InChI=1S/C16H24N2/c1-14-5-4-6-15(11-14)12-17-9-10-18-8-3-2-7-16(18)13-17/h4-6,11,16H,2-3,7-10,12-13H2,1H3. The normalized spacial score (nSPS) is 25.9. The second-order valence-electron chi connectivity index (χ2n) is 5.91. The monoisotopic (exact) mass is 244 g/mol. The predicted molar refractivity (Wildman–Crippen MR) is 75.7 cm³/mol. The van der Waals surface area contributed by atoms with E-state index < -0.39 is 0 Å². The van der Waals surface area contributed by atoms with Crippen LogP contribution in [0.1, 0.15) is 30.4 Å². The van der Waals surface area contributed by atoms with Gasteiger partial charge < -0.3 is 0 Å². The molecule has 1 atom stereocenters. The van der Waals surface area contributed by atoms with Gasteiger partial charge in [0.15, 0.2) is 0 Å². The summed E-state index contributed by atoms with van der Waals surface area (Å²) >= 11 is 0. The van der Waals surface area contributed by atoms with Crippen LogP contribution in [0.4, 0.5) is 0 Å². The third-order valence-electron chi connectivity index (χ3n) is 4.41. The highest BCUT2D eigenvalue weighted by Gasteiger charge is 2.28. The van der Waals surface area contributed by atoms with E-state index in [1.165, 1.54) is 56.6 Å². The second-order valence-corrected chi connectivity index (χ2v) is 5.91. The highest BCUT2D eigenvalue weighted by Crippen LogP contribution is 2.22. The highest BCUT2D eigenvalue weighted by atomic mass is 15.3. The van der Waals surface area contributed by atoms with E-state index in [4.69, 9.17) is 0 Å². The molecule has 0 radical (unpaired) electrons. The molecular weight excluding hydrogens is 220 g/mol. The summed E-state index contributed by atoms with van der Waals surface area (Å²) in [5, 5.41) is 0. The van der Waals surface area contributed by atoms with E-state index in [9.17, 15) is 0 Å². The van der Waals surface area contributed by atoms with Crippen molar-refractivity contribution in [2.45, 2.75) is 38.8 Å². The zero-order chi connectivity index (χ0) is 12.4.